The third-order valence-electron chi connectivity index (χ3n) is 5.34. The maximum absolute atomic E-state index is 13.4. The number of nitrogens with zero attached hydrogens (tertiary/aromatic N) is 2. The summed E-state index contributed by atoms with van der Waals surface area (Å²) < 4.78 is 19.9. The first-order chi connectivity index (χ1) is 18.4. The van der Waals surface area contributed by atoms with Gasteiger partial charge in [0.15, 0.2) is 5.82 Å². The number of nitrogens with one attached hydrogen (secondary N) is 3. The molecule has 2 aromatic carbocycles. The molecule has 0 saturated carbocycles. The van der Waals surface area contributed by atoms with E-state index in [0.717, 1.165) is 26.9 Å². The lowest BCUT2D eigenvalue weighted by Crippen LogP contribution is -2.42. The fourth-order valence-corrected chi connectivity index (χ4v) is 5.48. The van der Waals surface area contributed by atoms with Crippen molar-refractivity contribution in [2.45, 2.75) is 12.6 Å². The average molecular weight is 568 g/mol. The number of anilines is 2. The first kappa shape index (κ1) is 25.8. The van der Waals surface area contributed by atoms with Gasteiger partial charge in [-0.25, -0.2) is 14.4 Å². The van der Waals surface area contributed by atoms with Gasteiger partial charge in [-0.2, -0.15) is 0 Å². The van der Waals surface area contributed by atoms with E-state index in [1.54, 1.807) is 24.3 Å². The molecule has 3 heterocycles. The van der Waals surface area contributed by atoms with Crippen LogP contribution >= 0.6 is 34.7 Å². The fraction of sp³-hybridized carbons (Fsp3) is 0.154. The summed E-state index contributed by atoms with van der Waals surface area (Å²) in [6.45, 7) is 0.350. The van der Waals surface area contributed by atoms with Gasteiger partial charge < -0.3 is 20.7 Å². The summed E-state index contributed by atoms with van der Waals surface area (Å²) in [5.74, 6) is 6.87. The number of aromatic nitrogens is 2. The molecule has 0 aliphatic carbocycles. The predicted octanol–water partition coefficient (Wildman–Crippen LogP) is 5.10. The Hall–Kier alpha value is -3.85. The number of thiophene rings is 1. The minimum Gasteiger partial charge on any atom is -0.487 e. The number of thioether (sulfide) groups is 1. The Kier molecular flexibility index (Phi) is 7.93. The number of fused-ring (bicyclic) bond motifs is 1. The van der Waals surface area contributed by atoms with Crippen molar-refractivity contribution in [3.63, 3.8) is 0 Å². The molecular weight excluding hydrogens is 549 g/mol. The minimum absolute atomic E-state index is 0.160. The Balaban J connectivity index is 1.22. The number of carbonyl (C=O) groups is 2. The van der Waals surface area contributed by atoms with Crippen molar-refractivity contribution in [3.05, 3.63) is 76.1 Å². The molecule has 2 aromatic heterocycles. The third kappa shape index (κ3) is 6.34. The monoisotopic (exact) mass is 567 g/mol. The molecule has 38 heavy (non-hydrogen) atoms. The second-order valence-corrected chi connectivity index (χ2v) is 10.5. The van der Waals surface area contributed by atoms with Crippen molar-refractivity contribution in [1.29, 1.82) is 0 Å². The molecule has 4 aromatic rings. The van der Waals surface area contributed by atoms with Gasteiger partial charge in [0.1, 0.15) is 30.5 Å². The number of amides is 2. The largest absolute Gasteiger partial charge is 0.487 e. The van der Waals surface area contributed by atoms with E-state index in [0.29, 0.717) is 33.6 Å². The van der Waals surface area contributed by atoms with Crippen LogP contribution in [0, 0.1) is 17.7 Å². The molecule has 1 aliphatic heterocycles. The summed E-state index contributed by atoms with van der Waals surface area (Å²) in [5.41, 5.74) is 2.13. The Bertz CT molecular complexity index is 1590. The number of benzene rings is 2. The van der Waals surface area contributed by atoms with Crippen LogP contribution in [-0.2, 0) is 11.4 Å². The van der Waals surface area contributed by atoms with Gasteiger partial charge in [0.2, 0.25) is 5.91 Å². The van der Waals surface area contributed by atoms with Crippen LogP contribution in [0.5, 0.6) is 5.75 Å². The van der Waals surface area contributed by atoms with Crippen LogP contribution in [0.2, 0.25) is 5.02 Å². The molecular formula is C26H19ClFN5O3S2. The van der Waals surface area contributed by atoms with Crippen molar-refractivity contribution < 1.29 is 18.7 Å². The molecule has 0 bridgehead atoms. The molecule has 1 saturated heterocycles. The second-order valence-electron chi connectivity index (χ2n) is 8.05. The van der Waals surface area contributed by atoms with E-state index in [1.807, 2.05) is 12.1 Å². The van der Waals surface area contributed by atoms with Crippen LogP contribution in [0.3, 0.4) is 0 Å². The highest BCUT2D eigenvalue weighted by atomic mass is 35.5. The van der Waals surface area contributed by atoms with Gasteiger partial charge in [0.05, 0.1) is 26.7 Å². The van der Waals surface area contributed by atoms with Gasteiger partial charge in [-0.1, -0.05) is 47.3 Å². The van der Waals surface area contributed by atoms with Crippen molar-refractivity contribution in [3.8, 4) is 17.6 Å². The first-order valence-electron chi connectivity index (χ1n) is 11.3. The van der Waals surface area contributed by atoms with Crippen LogP contribution in [0.25, 0.3) is 10.2 Å². The Morgan fingerprint density at radius 1 is 1.24 bits per heavy atom. The van der Waals surface area contributed by atoms with E-state index in [1.165, 1.54) is 29.8 Å². The SMILES string of the molecule is O=C1NC(C(=O)NCC#Cc2cc3ncnc(Nc4ccc(OCc5cccc(F)c5)c(Cl)c4)c3s2)CS1. The summed E-state index contributed by atoms with van der Waals surface area (Å²) in [5, 5.41) is 8.76. The summed E-state index contributed by atoms with van der Waals surface area (Å²) in [6.07, 6.45) is 1.46. The topological polar surface area (TPSA) is 105 Å². The molecule has 12 heteroatoms. The molecule has 1 unspecified atom stereocenters. The molecule has 0 spiro atoms. The van der Waals surface area contributed by atoms with Gasteiger partial charge in [0, 0.05) is 11.4 Å². The fourth-order valence-electron chi connectivity index (χ4n) is 3.54. The number of ether oxygens (including phenoxy) is 1. The lowest BCUT2D eigenvalue weighted by Gasteiger charge is -2.11. The van der Waals surface area contributed by atoms with Crippen LogP contribution in [-0.4, -0.2) is 39.5 Å². The molecule has 5 rings (SSSR count). The molecule has 192 valence electrons. The highest BCUT2D eigenvalue weighted by Crippen LogP contribution is 2.33. The standard InChI is InChI=1S/C26H19ClFN5O3S2/c27-19-10-17(6-7-22(19)36-12-15-3-1-4-16(28)9-15)32-24-23-20(30-14-31-24)11-18(38-23)5-2-8-29-25(34)21-13-37-26(35)33-21/h1,3-4,6-7,9-11,14,21H,8,12-13H2,(H,29,34)(H,33,35)(H,30,31,32). The minimum atomic E-state index is -0.523. The number of rotatable bonds is 7. The summed E-state index contributed by atoms with van der Waals surface area (Å²) in [7, 11) is 0. The van der Waals surface area contributed by atoms with Crippen LogP contribution in [0.4, 0.5) is 20.7 Å². The Morgan fingerprint density at radius 3 is 2.92 bits per heavy atom. The van der Waals surface area contributed by atoms with Gasteiger partial charge >= 0.3 is 0 Å². The molecule has 1 aliphatic rings. The maximum atomic E-state index is 13.4. The van der Waals surface area contributed by atoms with E-state index in [-0.39, 0.29) is 30.1 Å². The third-order valence-corrected chi connectivity index (χ3v) is 7.56. The van der Waals surface area contributed by atoms with E-state index in [9.17, 15) is 14.0 Å². The van der Waals surface area contributed by atoms with Crippen molar-refractivity contribution >= 4 is 67.6 Å². The molecule has 8 nitrogen and oxygen atoms in total. The van der Waals surface area contributed by atoms with Gasteiger partial charge in [-0.15, -0.1) is 11.3 Å². The maximum Gasteiger partial charge on any atom is 0.279 e. The van der Waals surface area contributed by atoms with Crippen molar-refractivity contribution in [2.75, 3.05) is 17.6 Å². The van der Waals surface area contributed by atoms with E-state index in [4.69, 9.17) is 16.3 Å². The number of hydrogen-bond donors (Lipinski definition) is 3. The molecule has 1 fully saturated rings. The normalized spacial score (nSPS) is 14.5. The lowest BCUT2D eigenvalue weighted by atomic mass is 10.2. The predicted molar refractivity (Wildman–Crippen MR) is 148 cm³/mol. The smallest absolute Gasteiger partial charge is 0.279 e. The lowest BCUT2D eigenvalue weighted by molar-refractivity contribution is -0.122. The summed E-state index contributed by atoms with van der Waals surface area (Å²) in [4.78, 5) is 32.7. The van der Waals surface area contributed by atoms with Crippen molar-refractivity contribution in [1.82, 2.24) is 20.6 Å². The zero-order valence-electron chi connectivity index (χ0n) is 19.6. The van der Waals surface area contributed by atoms with E-state index < -0.39 is 6.04 Å². The molecule has 3 N–H and O–H groups in total. The van der Waals surface area contributed by atoms with Gasteiger partial charge in [-0.05, 0) is 42.0 Å². The van der Waals surface area contributed by atoms with Crippen LogP contribution in [0.15, 0.2) is 54.9 Å². The van der Waals surface area contributed by atoms with Crippen LogP contribution in [0.1, 0.15) is 10.4 Å². The highest BCUT2D eigenvalue weighted by molar-refractivity contribution is 8.14. The average Bonchev–Trinajstić information content (AvgIpc) is 3.53. The number of halogens is 2. The quantitative estimate of drug-likeness (QED) is 0.267. The van der Waals surface area contributed by atoms with Crippen molar-refractivity contribution in [2.24, 2.45) is 0 Å². The Labute approximate surface area is 230 Å². The first-order valence-corrected chi connectivity index (χ1v) is 13.5. The van der Waals surface area contributed by atoms with Gasteiger partial charge in [0.25, 0.3) is 5.24 Å². The second kappa shape index (κ2) is 11.7. The Morgan fingerprint density at radius 2 is 2.13 bits per heavy atom. The summed E-state index contributed by atoms with van der Waals surface area (Å²) >= 11 is 8.93. The molecule has 1 atom stereocenters. The number of hydrogen-bond acceptors (Lipinski definition) is 8. The molecule has 0 radical (unpaired) electrons. The van der Waals surface area contributed by atoms with E-state index in [2.05, 4.69) is 37.8 Å². The highest BCUT2D eigenvalue weighted by Gasteiger charge is 2.27. The molecule has 2 amide bonds. The zero-order chi connectivity index (χ0) is 26.5. The zero-order valence-corrected chi connectivity index (χ0v) is 22.0. The van der Waals surface area contributed by atoms with Gasteiger partial charge in [-0.3, -0.25) is 9.59 Å². The summed E-state index contributed by atoms with van der Waals surface area (Å²) in [6, 6.07) is 12.8. The van der Waals surface area contributed by atoms with Crippen LogP contribution < -0.4 is 20.7 Å². The van der Waals surface area contributed by atoms with E-state index >= 15 is 0 Å². The number of carbonyl (C=O) groups excluding carboxylic acids is 2.